The lowest BCUT2D eigenvalue weighted by atomic mass is 9.99. The van der Waals surface area contributed by atoms with Gasteiger partial charge in [0.25, 0.3) is 0 Å². The summed E-state index contributed by atoms with van der Waals surface area (Å²) >= 11 is 3.71. The minimum atomic E-state index is 0.219. The number of aryl methyl sites for hydroxylation is 1. The maximum atomic E-state index is 6.20. The molecule has 3 nitrogen and oxygen atoms in total. The molecule has 3 heterocycles. The van der Waals surface area contributed by atoms with Gasteiger partial charge in [-0.05, 0) is 42.7 Å². The summed E-state index contributed by atoms with van der Waals surface area (Å²) in [7, 11) is 0. The molecule has 19 heavy (non-hydrogen) atoms. The van der Waals surface area contributed by atoms with Gasteiger partial charge < -0.3 is 10.6 Å². The van der Waals surface area contributed by atoms with Gasteiger partial charge in [-0.15, -0.1) is 11.3 Å². The molecular weight excluding hydrogens is 274 g/mol. The number of thiazole rings is 1. The fourth-order valence-electron chi connectivity index (χ4n) is 2.99. The Hall–Kier alpha value is -0.910. The summed E-state index contributed by atoms with van der Waals surface area (Å²) < 4.78 is 0. The van der Waals surface area contributed by atoms with Crippen LogP contribution in [0, 0.1) is 0 Å². The summed E-state index contributed by atoms with van der Waals surface area (Å²) in [6.45, 7) is 2.11. The zero-order valence-electron chi connectivity index (χ0n) is 10.8. The van der Waals surface area contributed by atoms with Crippen LogP contribution in [0.3, 0.4) is 0 Å². The van der Waals surface area contributed by atoms with Crippen molar-refractivity contribution >= 4 is 27.8 Å². The van der Waals surface area contributed by atoms with E-state index >= 15 is 0 Å². The highest BCUT2D eigenvalue weighted by Gasteiger charge is 2.25. The van der Waals surface area contributed by atoms with E-state index < -0.39 is 0 Å². The van der Waals surface area contributed by atoms with Crippen molar-refractivity contribution in [3.8, 4) is 0 Å². The quantitative estimate of drug-likeness (QED) is 0.878. The molecule has 100 valence electrons. The summed E-state index contributed by atoms with van der Waals surface area (Å²) in [5.41, 5.74) is 8.94. The largest absolute Gasteiger partial charge is 0.343 e. The summed E-state index contributed by atoms with van der Waals surface area (Å²) in [4.78, 5) is 10.2. The van der Waals surface area contributed by atoms with Gasteiger partial charge in [0.05, 0.1) is 5.69 Å². The van der Waals surface area contributed by atoms with Crippen molar-refractivity contribution in [1.29, 1.82) is 0 Å². The predicted octanol–water partition coefficient (Wildman–Crippen LogP) is 3.10. The number of aromatic nitrogens is 1. The molecule has 0 fully saturated rings. The molecule has 2 aliphatic rings. The third kappa shape index (κ3) is 2.00. The van der Waals surface area contributed by atoms with Gasteiger partial charge in [0.2, 0.25) is 0 Å². The van der Waals surface area contributed by atoms with Crippen molar-refractivity contribution in [2.45, 2.75) is 38.3 Å². The average Bonchev–Trinajstić information content (AvgIpc) is 3.04. The molecule has 1 aliphatic heterocycles. The maximum Gasteiger partial charge on any atom is 0.186 e. The van der Waals surface area contributed by atoms with E-state index in [2.05, 4.69) is 16.3 Å². The molecule has 0 bridgehead atoms. The van der Waals surface area contributed by atoms with Crippen LogP contribution in [0.5, 0.6) is 0 Å². The number of hydrogen-bond donors (Lipinski definition) is 1. The lowest BCUT2D eigenvalue weighted by molar-refractivity contribution is 0.573. The first-order valence-corrected chi connectivity index (χ1v) is 8.56. The topological polar surface area (TPSA) is 42.1 Å². The Labute approximate surface area is 121 Å². The van der Waals surface area contributed by atoms with Gasteiger partial charge in [-0.1, -0.05) is 11.3 Å². The van der Waals surface area contributed by atoms with Crippen molar-refractivity contribution in [3.63, 3.8) is 0 Å². The molecule has 1 aliphatic carbocycles. The molecule has 4 rings (SSSR count). The van der Waals surface area contributed by atoms with Gasteiger partial charge in [0.1, 0.15) is 0 Å². The van der Waals surface area contributed by atoms with Crippen LogP contribution in [-0.4, -0.2) is 11.5 Å². The van der Waals surface area contributed by atoms with E-state index in [1.54, 1.807) is 4.88 Å². The van der Waals surface area contributed by atoms with Gasteiger partial charge in [0.15, 0.2) is 5.13 Å². The van der Waals surface area contributed by atoms with Gasteiger partial charge in [-0.3, -0.25) is 0 Å². The summed E-state index contributed by atoms with van der Waals surface area (Å²) in [6, 6.07) is 2.47. The van der Waals surface area contributed by atoms with Crippen molar-refractivity contribution < 1.29 is 0 Å². The number of rotatable bonds is 1. The Kier molecular flexibility index (Phi) is 2.86. The van der Waals surface area contributed by atoms with Crippen LogP contribution in [0.2, 0.25) is 0 Å². The molecule has 1 unspecified atom stereocenters. The maximum absolute atomic E-state index is 6.20. The second kappa shape index (κ2) is 4.58. The zero-order chi connectivity index (χ0) is 12.8. The average molecular weight is 291 g/mol. The lowest BCUT2D eigenvalue weighted by Gasteiger charge is -2.26. The van der Waals surface area contributed by atoms with Gasteiger partial charge >= 0.3 is 0 Å². The Morgan fingerprint density at radius 3 is 3.21 bits per heavy atom. The third-order valence-electron chi connectivity index (χ3n) is 4.06. The first-order chi connectivity index (χ1) is 9.31. The molecule has 1 atom stereocenters. The lowest BCUT2D eigenvalue weighted by Crippen LogP contribution is -2.29. The van der Waals surface area contributed by atoms with E-state index in [1.165, 1.54) is 27.7 Å². The highest BCUT2D eigenvalue weighted by Crippen LogP contribution is 2.38. The third-order valence-corrected chi connectivity index (χ3v) is 6.37. The number of thiophene rings is 1. The fourth-order valence-corrected chi connectivity index (χ4v) is 5.05. The summed E-state index contributed by atoms with van der Waals surface area (Å²) in [6.07, 6.45) is 4.57. The van der Waals surface area contributed by atoms with Gasteiger partial charge in [0, 0.05) is 28.9 Å². The van der Waals surface area contributed by atoms with Gasteiger partial charge in [-0.25, -0.2) is 4.98 Å². The molecule has 0 saturated carbocycles. The van der Waals surface area contributed by atoms with E-state index in [-0.39, 0.29) is 6.04 Å². The SMILES string of the molecule is NC1CCCc2nc(N3CCc4sccc4C3)sc21. The van der Waals surface area contributed by atoms with Crippen molar-refractivity contribution in [2.24, 2.45) is 5.73 Å². The summed E-state index contributed by atoms with van der Waals surface area (Å²) in [5, 5.41) is 3.39. The molecule has 2 aromatic heterocycles. The minimum Gasteiger partial charge on any atom is -0.343 e. The van der Waals surface area contributed by atoms with Crippen molar-refractivity contribution in [3.05, 3.63) is 32.5 Å². The van der Waals surface area contributed by atoms with E-state index in [0.29, 0.717) is 0 Å². The molecule has 2 N–H and O–H groups in total. The Morgan fingerprint density at radius 2 is 2.32 bits per heavy atom. The highest BCUT2D eigenvalue weighted by molar-refractivity contribution is 7.15. The normalized spacial score (nSPS) is 22.2. The molecule has 0 spiro atoms. The van der Waals surface area contributed by atoms with Crippen molar-refractivity contribution in [1.82, 2.24) is 4.98 Å². The Balaban J connectivity index is 1.64. The van der Waals surface area contributed by atoms with Crippen LogP contribution in [0.15, 0.2) is 11.4 Å². The number of hydrogen-bond acceptors (Lipinski definition) is 5. The minimum absolute atomic E-state index is 0.219. The first kappa shape index (κ1) is 11.9. The van der Waals surface area contributed by atoms with E-state index in [0.717, 1.165) is 32.4 Å². The fraction of sp³-hybridized carbons (Fsp3) is 0.500. The zero-order valence-corrected chi connectivity index (χ0v) is 12.4. The second-order valence-electron chi connectivity index (χ2n) is 5.35. The van der Waals surface area contributed by atoms with E-state index in [9.17, 15) is 0 Å². The van der Waals surface area contributed by atoms with Crippen LogP contribution < -0.4 is 10.6 Å². The number of anilines is 1. The van der Waals surface area contributed by atoms with Crippen LogP contribution >= 0.6 is 22.7 Å². The second-order valence-corrected chi connectivity index (χ2v) is 7.36. The number of fused-ring (bicyclic) bond motifs is 2. The van der Waals surface area contributed by atoms with Crippen LogP contribution in [0.4, 0.5) is 5.13 Å². The van der Waals surface area contributed by atoms with Gasteiger partial charge in [-0.2, -0.15) is 0 Å². The van der Waals surface area contributed by atoms with Crippen molar-refractivity contribution in [2.75, 3.05) is 11.4 Å². The molecule has 0 saturated heterocycles. The monoisotopic (exact) mass is 291 g/mol. The molecule has 0 amide bonds. The van der Waals surface area contributed by atoms with Crippen LogP contribution in [-0.2, 0) is 19.4 Å². The van der Waals surface area contributed by atoms with Crippen LogP contribution in [0.1, 0.15) is 39.9 Å². The Morgan fingerprint density at radius 1 is 1.37 bits per heavy atom. The molecule has 2 aromatic rings. The smallest absolute Gasteiger partial charge is 0.186 e. The molecule has 0 radical (unpaired) electrons. The Bertz CT molecular complexity index is 602. The van der Waals surface area contributed by atoms with E-state index in [4.69, 9.17) is 10.7 Å². The van der Waals surface area contributed by atoms with Crippen LogP contribution in [0.25, 0.3) is 0 Å². The highest BCUT2D eigenvalue weighted by atomic mass is 32.1. The summed E-state index contributed by atoms with van der Waals surface area (Å²) in [5.74, 6) is 0. The number of nitrogens with zero attached hydrogens (tertiary/aromatic N) is 2. The first-order valence-electron chi connectivity index (χ1n) is 6.86. The number of nitrogens with two attached hydrogens (primary N) is 1. The molecule has 0 aromatic carbocycles. The predicted molar refractivity (Wildman–Crippen MR) is 81.1 cm³/mol. The molecular formula is C14H17N3S2. The van der Waals surface area contributed by atoms with E-state index in [1.807, 2.05) is 22.7 Å². The standard InChI is InChI=1S/C14H17N3S2/c15-10-2-1-3-11-13(10)19-14(16-11)17-6-4-12-9(8-17)5-7-18-12/h5,7,10H,1-4,6,8,15H2. The molecule has 5 heteroatoms.